The lowest BCUT2D eigenvalue weighted by molar-refractivity contribution is 0.191. The largest absolute Gasteiger partial charge is 0.329 e. The highest BCUT2D eigenvalue weighted by Gasteiger charge is 2.33. The predicted octanol–water partition coefficient (Wildman–Crippen LogP) is 3.68. The third kappa shape index (κ3) is 3.58. The summed E-state index contributed by atoms with van der Waals surface area (Å²) in [5.41, 5.74) is 8.85. The van der Waals surface area contributed by atoms with Crippen molar-refractivity contribution >= 4 is 0 Å². The van der Waals surface area contributed by atoms with Crippen molar-refractivity contribution in [2.45, 2.75) is 58.0 Å². The van der Waals surface area contributed by atoms with Crippen molar-refractivity contribution in [1.82, 2.24) is 4.90 Å². The van der Waals surface area contributed by atoms with Crippen LogP contribution in [0.1, 0.15) is 63.1 Å². The van der Waals surface area contributed by atoms with Crippen molar-refractivity contribution < 1.29 is 0 Å². The lowest BCUT2D eigenvalue weighted by atomic mass is 9.98. The van der Waals surface area contributed by atoms with Gasteiger partial charge in [-0.2, -0.15) is 0 Å². The summed E-state index contributed by atoms with van der Waals surface area (Å²) >= 11 is 0. The molecule has 2 nitrogen and oxygen atoms in total. The Balaban J connectivity index is 2.15. The molecule has 0 aliphatic heterocycles. The molecule has 2 heteroatoms. The average molecular weight is 260 g/mol. The first-order valence-corrected chi connectivity index (χ1v) is 7.73. The van der Waals surface area contributed by atoms with Crippen LogP contribution >= 0.6 is 0 Å². The van der Waals surface area contributed by atoms with Gasteiger partial charge in [-0.25, -0.2) is 0 Å². The van der Waals surface area contributed by atoms with E-state index in [1.54, 1.807) is 0 Å². The quantitative estimate of drug-likeness (QED) is 0.810. The van der Waals surface area contributed by atoms with Gasteiger partial charge in [0.15, 0.2) is 0 Å². The standard InChI is InChI=1S/C17H28N2/c1-4-11-19(16-9-10-16)17(12-18)15-7-5-14(6-8-15)13(2)3/h5-8,13,16-17H,4,9-12,18H2,1-3H3. The minimum Gasteiger partial charge on any atom is -0.329 e. The van der Waals surface area contributed by atoms with Gasteiger partial charge in [-0.1, -0.05) is 45.0 Å². The van der Waals surface area contributed by atoms with Crippen molar-refractivity contribution in [1.29, 1.82) is 0 Å². The van der Waals surface area contributed by atoms with E-state index in [0.717, 1.165) is 12.6 Å². The molecular formula is C17H28N2. The van der Waals surface area contributed by atoms with E-state index in [-0.39, 0.29) is 0 Å². The molecule has 19 heavy (non-hydrogen) atoms. The minimum absolute atomic E-state index is 0.397. The fourth-order valence-corrected chi connectivity index (χ4v) is 2.82. The van der Waals surface area contributed by atoms with Crippen LogP contribution in [-0.2, 0) is 0 Å². The van der Waals surface area contributed by atoms with E-state index >= 15 is 0 Å². The minimum atomic E-state index is 0.397. The molecule has 0 saturated heterocycles. The first kappa shape index (κ1) is 14.5. The van der Waals surface area contributed by atoms with E-state index in [1.807, 2.05) is 0 Å². The van der Waals surface area contributed by atoms with E-state index in [1.165, 1.54) is 36.9 Å². The van der Waals surface area contributed by atoms with Gasteiger partial charge in [0.1, 0.15) is 0 Å². The second-order valence-corrected chi connectivity index (χ2v) is 6.04. The van der Waals surface area contributed by atoms with Gasteiger partial charge in [0.2, 0.25) is 0 Å². The van der Waals surface area contributed by atoms with E-state index in [4.69, 9.17) is 5.73 Å². The molecule has 1 aromatic carbocycles. The van der Waals surface area contributed by atoms with Gasteiger partial charge in [0.25, 0.3) is 0 Å². The number of nitrogens with two attached hydrogens (primary N) is 1. The molecule has 1 atom stereocenters. The predicted molar refractivity (Wildman–Crippen MR) is 82.3 cm³/mol. The third-order valence-corrected chi connectivity index (χ3v) is 4.11. The Hall–Kier alpha value is -0.860. The molecule has 0 aromatic heterocycles. The molecule has 106 valence electrons. The molecule has 2 N–H and O–H groups in total. The molecule has 1 fully saturated rings. The second-order valence-electron chi connectivity index (χ2n) is 6.04. The molecule has 0 bridgehead atoms. The monoisotopic (exact) mass is 260 g/mol. The highest BCUT2D eigenvalue weighted by atomic mass is 15.2. The molecule has 0 heterocycles. The first-order valence-electron chi connectivity index (χ1n) is 7.73. The molecule has 1 saturated carbocycles. The summed E-state index contributed by atoms with van der Waals surface area (Å²) in [6.45, 7) is 8.62. The lowest BCUT2D eigenvalue weighted by Gasteiger charge is -2.31. The lowest BCUT2D eigenvalue weighted by Crippen LogP contribution is -2.36. The zero-order chi connectivity index (χ0) is 13.8. The number of nitrogens with zero attached hydrogens (tertiary/aromatic N) is 1. The van der Waals surface area contributed by atoms with Crippen LogP contribution in [0.25, 0.3) is 0 Å². The van der Waals surface area contributed by atoms with Crippen molar-refractivity contribution in [3.05, 3.63) is 35.4 Å². The van der Waals surface area contributed by atoms with Gasteiger partial charge < -0.3 is 5.73 Å². The maximum atomic E-state index is 6.06. The zero-order valence-corrected chi connectivity index (χ0v) is 12.6. The van der Waals surface area contributed by atoms with Crippen LogP contribution in [0, 0.1) is 0 Å². The maximum absolute atomic E-state index is 6.06. The van der Waals surface area contributed by atoms with Gasteiger partial charge in [-0.3, -0.25) is 4.90 Å². The summed E-state index contributed by atoms with van der Waals surface area (Å²) < 4.78 is 0. The average Bonchev–Trinajstić information content (AvgIpc) is 3.23. The molecule has 1 aliphatic rings. The van der Waals surface area contributed by atoms with Gasteiger partial charge >= 0.3 is 0 Å². The number of rotatable bonds is 7. The number of benzene rings is 1. The van der Waals surface area contributed by atoms with Crippen LogP contribution < -0.4 is 5.73 Å². The fourth-order valence-electron chi connectivity index (χ4n) is 2.82. The van der Waals surface area contributed by atoms with Crippen molar-refractivity contribution in [3.63, 3.8) is 0 Å². The van der Waals surface area contributed by atoms with E-state index in [9.17, 15) is 0 Å². The normalized spacial score (nSPS) is 17.2. The summed E-state index contributed by atoms with van der Waals surface area (Å²) in [4.78, 5) is 2.62. The van der Waals surface area contributed by atoms with Crippen molar-refractivity contribution in [2.24, 2.45) is 5.73 Å². The van der Waals surface area contributed by atoms with E-state index in [2.05, 4.69) is 49.9 Å². The molecule has 0 spiro atoms. The van der Waals surface area contributed by atoms with Crippen molar-refractivity contribution in [3.8, 4) is 0 Å². The second kappa shape index (κ2) is 6.53. The Morgan fingerprint density at radius 3 is 2.16 bits per heavy atom. The number of hydrogen-bond acceptors (Lipinski definition) is 2. The number of hydrogen-bond donors (Lipinski definition) is 1. The van der Waals surface area contributed by atoms with Gasteiger partial charge in [0, 0.05) is 18.6 Å². The maximum Gasteiger partial charge on any atom is 0.0473 e. The first-order chi connectivity index (χ1) is 9.17. The van der Waals surface area contributed by atoms with Gasteiger partial charge in [-0.05, 0) is 42.9 Å². The Labute approximate surface area is 118 Å². The van der Waals surface area contributed by atoms with Crippen LogP contribution in [0.15, 0.2) is 24.3 Å². The third-order valence-electron chi connectivity index (χ3n) is 4.11. The summed E-state index contributed by atoms with van der Waals surface area (Å²) in [5.74, 6) is 0.598. The smallest absolute Gasteiger partial charge is 0.0473 e. The molecular weight excluding hydrogens is 232 g/mol. The Kier molecular flexibility index (Phi) is 5.00. The van der Waals surface area contributed by atoms with Crippen LogP contribution in [0.3, 0.4) is 0 Å². The highest BCUT2D eigenvalue weighted by molar-refractivity contribution is 5.27. The SMILES string of the molecule is CCCN(C1CC1)C(CN)c1ccc(C(C)C)cc1. The molecule has 0 amide bonds. The van der Waals surface area contributed by atoms with Crippen LogP contribution in [0.5, 0.6) is 0 Å². The summed E-state index contributed by atoms with van der Waals surface area (Å²) in [7, 11) is 0. The van der Waals surface area contributed by atoms with Crippen LogP contribution in [0.2, 0.25) is 0 Å². The highest BCUT2D eigenvalue weighted by Crippen LogP contribution is 2.34. The molecule has 1 unspecified atom stereocenters. The van der Waals surface area contributed by atoms with E-state index < -0.39 is 0 Å². The van der Waals surface area contributed by atoms with Gasteiger partial charge in [0.05, 0.1) is 0 Å². The topological polar surface area (TPSA) is 29.3 Å². The molecule has 0 radical (unpaired) electrons. The fraction of sp³-hybridized carbons (Fsp3) is 0.647. The Bertz CT molecular complexity index is 379. The van der Waals surface area contributed by atoms with Crippen LogP contribution in [-0.4, -0.2) is 24.0 Å². The zero-order valence-electron chi connectivity index (χ0n) is 12.6. The summed E-state index contributed by atoms with van der Waals surface area (Å²) in [6, 6.07) is 10.3. The summed E-state index contributed by atoms with van der Waals surface area (Å²) in [6.07, 6.45) is 3.90. The van der Waals surface area contributed by atoms with Crippen molar-refractivity contribution in [2.75, 3.05) is 13.1 Å². The Morgan fingerprint density at radius 2 is 1.74 bits per heavy atom. The Morgan fingerprint density at radius 1 is 1.16 bits per heavy atom. The van der Waals surface area contributed by atoms with E-state index in [0.29, 0.717) is 12.0 Å². The molecule has 1 aliphatic carbocycles. The summed E-state index contributed by atoms with van der Waals surface area (Å²) in [5, 5.41) is 0. The molecule has 2 rings (SSSR count). The molecule has 1 aromatic rings. The van der Waals surface area contributed by atoms with Crippen LogP contribution in [0.4, 0.5) is 0 Å². The van der Waals surface area contributed by atoms with Gasteiger partial charge in [-0.15, -0.1) is 0 Å².